The van der Waals surface area contributed by atoms with Crippen LogP contribution in [0.1, 0.15) is 17.0 Å². The molecular weight excluding hydrogens is 238 g/mol. The Balaban J connectivity index is 1.50. The van der Waals surface area contributed by atoms with E-state index in [2.05, 4.69) is 46.1 Å². The third-order valence-corrected chi connectivity index (χ3v) is 3.60. The van der Waals surface area contributed by atoms with Gasteiger partial charge in [-0.05, 0) is 18.1 Å². The summed E-state index contributed by atoms with van der Waals surface area (Å²) in [5.41, 5.74) is 2.68. The third-order valence-electron chi connectivity index (χ3n) is 3.60. The maximum Gasteiger partial charge on any atom is 0.134 e. The van der Waals surface area contributed by atoms with Crippen LogP contribution < -0.4 is 5.32 Å². The maximum atomic E-state index is 5.79. The Morgan fingerprint density at radius 2 is 2.32 bits per heavy atom. The highest BCUT2D eigenvalue weighted by atomic mass is 16.5. The van der Waals surface area contributed by atoms with Gasteiger partial charge < -0.3 is 14.6 Å². The van der Waals surface area contributed by atoms with E-state index in [4.69, 9.17) is 4.74 Å². The van der Waals surface area contributed by atoms with Crippen molar-refractivity contribution in [2.75, 3.05) is 6.54 Å². The highest BCUT2D eigenvalue weighted by Crippen LogP contribution is 2.12. The lowest BCUT2D eigenvalue weighted by Crippen LogP contribution is -2.36. The van der Waals surface area contributed by atoms with Crippen LogP contribution in [-0.4, -0.2) is 22.2 Å². The second-order valence-electron chi connectivity index (χ2n) is 4.99. The third kappa shape index (κ3) is 2.85. The number of aromatic nitrogens is 2. The Hall–Kier alpha value is -1.65. The number of imidazole rings is 1. The SMILES string of the molecule is Cc1ccccc1CNC[C@H]1Cn2ccnc2CO1. The first-order valence-corrected chi connectivity index (χ1v) is 6.70. The quantitative estimate of drug-likeness (QED) is 0.909. The number of fused-ring (bicyclic) bond motifs is 1. The number of aryl methyl sites for hydroxylation is 1. The van der Waals surface area contributed by atoms with Gasteiger partial charge in [0.1, 0.15) is 12.4 Å². The van der Waals surface area contributed by atoms with Crippen molar-refractivity contribution in [3.05, 3.63) is 53.6 Å². The zero-order valence-electron chi connectivity index (χ0n) is 11.2. The molecule has 100 valence electrons. The van der Waals surface area contributed by atoms with Crippen molar-refractivity contribution in [2.45, 2.75) is 32.7 Å². The number of rotatable bonds is 4. The molecule has 0 saturated carbocycles. The van der Waals surface area contributed by atoms with Gasteiger partial charge >= 0.3 is 0 Å². The van der Waals surface area contributed by atoms with Gasteiger partial charge in [-0.2, -0.15) is 0 Å². The van der Waals surface area contributed by atoms with E-state index < -0.39 is 0 Å². The van der Waals surface area contributed by atoms with E-state index in [-0.39, 0.29) is 6.10 Å². The molecule has 2 heterocycles. The van der Waals surface area contributed by atoms with E-state index in [1.165, 1.54) is 11.1 Å². The van der Waals surface area contributed by atoms with Crippen LogP contribution in [0.2, 0.25) is 0 Å². The number of hydrogen-bond acceptors (Lipinski definition) is 3. The Kier molecular flexibility index (Phi) is 3.62. The molecule has 0 bridgehead atoms. The smallest absolute Gasteiger partial charge is 0.134 e. The Morgan fingerprint density at radius 1 is 1.42 bits per heavy atom. The molecule has 4 heteroatoms. The van der Waals surface area contributed by atoms with E-state index >= 15 is 0 Å². The first kappa shape index (κ1) is 12.4. The summed E-state index contributed by atoms with van der Waals surface area (Å²) in [7, 11) is 0. The van der Waals surface area contributed by atoms with Gasteiger partial charge in [-0.1, -0.05) is 24.3 Å². The van der Waals surface area contributed by atoms with Gasteiger partial charge in [0.25, 0.3) is 0 Å². The molecule has 1 N–H and O–H groups in total. The van der Waals surface area contributed by atoms with Crippen molar-refractivity contribution >= 4 is 0 Å². The minimum absolute atomic E-state index is 0.228. The van der Waals surface area contributed by atoms with Crippen LogP contribution in [0.3, 0.4) is 0 Å². The molecule has 19 heavy (non-hydrogen) atoms. The largest absolute Gasteiger partial charge is 0.367 e. The first-order chi connectivity index (χ1) is 9.33. The van der Waals surface area contributed by atoms with E-state index in [0.717, 1.165) is 25.5 Å². The van der Waals surface area contributed by atoms with Gasteiger partial charge in [0.15, 0.2) is 0 Å². The van der Waals surface area contributed by atoms with Crippen molar-refractivity contribution in [3.8, 4) is 0 Å². The van der Waals surface area contributed by atoms with Crippen molar-refractivity contribution in [1.82, 2.24) is 14.9 Å². The lowest BCUT2D eigenvalue weighted by atomic mass is 10.1. The molecule has 3 rings (SSSR count). The number of hydrogen-bond donors (Lipinski definition) is 1. The van der Waals surface area contributed by atoms with Crippen LogP contribution in [0.25, 0.3) is 0 Å². The van der Waals surface area contributed by atoms with Crippen LogP contribution in [0, 0.1) is 6.92 Å². The summed E-state index contributed by atoms with van der Waals surface area (Å²) in [4.78, 5) is 4.25. The standard InChI is InChI=1S/C15H19N3O/c1-12-4-2-3-5-13(12)8-16-9-14-10-18-7-6-17-15(18)11-19-14/h2-7,14,16H,8-11H2,1H3/t14-/m0/s1. The summed E-state index contributed by atoms with van der Waals surface area (Å²) in [5.74, 6) is 1.02. The van der Waals surface area contributed by atoms with E-state index in [9.17, 15) is 0 Å². The maximum absolute atomic E-state index is 5.79. The van der Waals surface area contributed by atoms with Gasteiger partial charge in [-0.3, -0.25) is 0 Å². The Bertz CT molecular complexity index is 550. The number of benzene rings is 1. The molecule has 0 fully saturated rings. The zero-order valence-corrected chi connectivity index (χ0v) is 11.2. The summed E-state index contributed by atoms with van der Waals surface area (Å²) in [5, 5.41) is 3.48. The van der Waals surface area contributed by atoms with Crippen molar-refractivity contribution in [3.63, 3.8) is 0 Å². The average Bonchev–Trinajstić information content (AvgIpc) is 2.88. The molecule has 0 saturated heterocycles. The normalized spacial score (nSPS) is 18.3. The summed E-state index contributed by atoms with van der Waals surface area (Å²) in [6.45, 7) is 5.40. The molecule has 1 aromatic heterocycles. The summed E-state index contributed by atoms with van der Waals surface area (Å²) >= 11 is 0. The summed E-state index contributed by atoms with van der Waals surface area (Å²) < 4.78 is 7.96. The number of nitrogens with zero attached hydrogens (tertiary/aromatic N) is 2. The molecule has 1 aliphatic heterocycles. The fourth-order valence-corrected chi connectivity index (χ4v) is 2.41. The van der Waals surface area contributed by atoms with Crippen LogP contribution in [0.4, 0.5) is 0 Å². The van der Waals surface area contributed by atoms with E-state index in [1.54, 1.807) is 0 Å². The molecule has 1 aliphatic rings. The topological polar surface area (TPSA) is 39.1 Å². The van der Waals surface area contributed by atoms with Crippen molar-refractivity contribution in [2.24, 2.45) is 0 Å². The molecule has 1 atom stereocenters. The van der Waals surface area contributed by atoms with Crippen LogP contribution >= 0.6 is 0 Å². The van der Waals surface area contributed by atoms with Crippen LogP contribution in [-0.2, 0) is 24.4 Å². The minimum atomic E-state index is 0.228. The molecule has 0 aliphatic carbocycles. The summed E-state index contributed by atoms with van der Waals surface area (Å²) in [6, 6.07) is 8.46. The molecule has 2 aromatic rings. The molecule has 0 radical (unpaired) electrons. The molecule has 1 aromatic carbocycles. The molecular formula is C15H19N3O. The van der Waals surface area contributed by atoms with Crippen molar-refractivity contribution < 1.29 is 4.74 Å². The lowest BCUT2D eigenvalue weighted by molar-refractivity contribution is 0.00277. The first-order valence-electron chi connectivity index (χ1n) is 6.70. The van der Waals surface area contributed by atoms with Gasteiger partial charge in [0, 0.05) is 25.5 Å². The Labute approximate surface area is 113 Å². The molecule has 4 nitrogen and oxygen atoms in total. The van der Waals surface area contributed by atoms with Crippen molar-refractivity contribution in [1.29, 1.82) is 0 Å². The number of ether oxygens (including phenoxy) is 1. The molecule has 0 spiro atoms. The van der Waals surface area contributed by atoms with Crippen LogP contribution in [0.5, 0.6) is 0 Å². The van der Waals surface area contributed by atoms with Gasteiger partial charge in [-0.15, -0.1) is 0 Å². The monoisotopic (exact) mass is 257 g/mol. The second kappa shape index (κ2) is 5.55. The highest BCUT2D eigenvalue weighted by Gasteiger charge is 2.18. The average molecular weight is 257 g/mol. The minimum Gasteiger partial charge on any atom is -0.367 e. The molecule has 0 unspecified atom stereocenters. The predicted molar refractivity (Wildman–Crippen MR) is 73.7 cm³/mol. The zero-order chi connectivity index (χ0) is 13.1. The fourth-order valence-electron chi connectivity index (χ4n) is 2.41. The predicted octanol–water partition coefficient (Wildman–Crippen LogP) is 1.88. The van der Waals surface area contributed by atoms with E-state index in [0.29, 0.717) is 6.61 Å². The van der Waals surface area contributed by atoms with Gasteiger partial charge in [0.05, 0.1) is 12.6 Å². The van der Waals surface area contributed by atoms with Crippen LogP contribution in [0.15, 0.2) is 36.7 Å². The molecule has 0 amide bonds. The summed E-state index contributed by atoms with van der Waals surface area (Å²) in [6.07, 6.45) is 4.08. The van der Waals surface area contributed by atoms with Gasteiger partial charge in [-0.25, -0.2) is 4.98 Å². The Morgan fingerprint density at radius 3 is 3.21 bits per heavy atom. The van der Waals surface area contributed by atoms with Gasteiger partial charge in [0.2, 0.25) is 0 Å². The second-order valence-corrected chi connectivity index (χ2v) is 4.99. The number of nitrogens with one attached hydrogen (secondary N) is 1. The lowest BCUT2D eigenvalue weighted by Gasteiger charge is -2.24. The fraction of sp³-hybridized carbons (Fsp3) is 0.400. The highest BCUT2D eigenvalue weighted by molar-refractivity contribution is 5.25. The van der Waals surface area contributed by atoms with E-state index in [1.807, 2.05) is 12.4 Å².